The van der Waals surface area contributed by atoms with Crippen molar-refractivity contribution in [2.75, 3.05) is 5.43 Å². The number of hydrazone groups is 1. The zero-order valence-corrected chi connectivity index (χ0v) is 12.3. The first-order valence-electron chi connectivity index (χ1n) is 6.73. The van der Waals surface area contributed by atoms with Crippen molar-refractivity contribution in [2.24, 2.45) is 5.10 Å². The molecule has 23 heavy (non-hydrogen) atoms. The summed E-state index contributed by atoms with van der Waals surface area (Å²) in [6.45, 7) is 1.99. The number of nitro benzene ring substituents is 2. The Bertz CT molecular complexity index is 757. The van der Waals surface area contributed by atoms with Crippen molar-refractivity contribution in [2.45, 2.75) is 13.3 Å². The maximum absolute atomic E-state index is 11.0. The first kappa shape index (κ1) is 16.1. The van der Waals surface area contributed by atoms with Gasteiger partial charge >= 0.3 is 5.69 Å². The number of nitro groups is 2. The summed E-state index contributed by atoms with van der Waals surface area (Å²) >= 11 is 0. The molecule has 2 rings (SSSR count). The van der Waals surface area contributed by atoms with Gasteiger partial charge in [-0.3, -0.25) is 25.7 Å². The molecule has 0 aliphatic carbocycles. The van der Waals surface area contributed by atoms with Crippen LogP contribution in [0.25, 0.3) is 0 Å². The van der Waals surface area contributed by atoms with Gasteiger partial charge in [0.2, 0.25) is 0 Å². The second-order valence-corrected chi connectivity index (χ2v) is 4.83. The van der Waals surface area contributed by atoms with E-state index in [1.807, 2.05) is 31.2 Å². The van der Waals surface area contributed by atoms with Crippen LogP contribution >= 0.6 is 0 Å². The molecule has 0 saturated carbocycles. The van der Waals surface area contributed by atoms with E-state index in [9.17, 15) is 20.2 Å². The molecule has 0 fully saturated rings. The summed E-state index contributed by atoms with van der Waals surface area (Å²) in [4.78, 5) is 20.3. The monoisotopic (exact) mass is 314 g/mol. The minimum atomic E-state index is -0.690. The minimum absolute atomic E-state index is 0.0979. The molecule has 2 aromatic carbocycles. The van der Waals surface area contributed by atoms with Gasteiger partial charge in [0, 0.05) is 18.7 Å². The lowest BCUT2D eigenvalue weighted by atomic mass is 10.1. The maximum atomic E-state index is 11.0. The quantitative estimate of drug-likeness (QED) is 0.498. The molecule has 0 spiro atoms. The highest BCUT2D eigenvalue weighted by molar-refractivity contribution is 5.68. The highest BCUT2D eigenvalue weighted by atomic mass is 16.6. The third kappa shape index (κ3) is 4.34. The summed E-state index contributed by atoms with van der Waals surface area (Å²) in [5.74, 6) is 0. The van der Waals surface area contributed by atoms with Crippen molar-refractivity contribution >= 4 is 23.3 Å². The van der Waals surface area contributed by atoms with Crippen LogP contribution in [0.5, 0.6) is 0 Å². The van der Waals surface area contributed by atoms with Gasteiger partial charge in [-0.15, -0.1) is 0 Å². The SMILES string of the molecule is Cc1ccc(C/C=N/Nc2ccc([N+](=O)[O-])cc2[N+](=O)[O-])cc1. The fourth-order valence-corrected chi connectivity index (χ4v) is 1.87. The van der Waals surface area contributed by atoms with Crippen LogP contribution < -0.4 is 5.43 Å². The first-order chi connectivity index (χ1) is 11.0. The molecule has 118 valence electrons. The lowest BCUT2D eigenvalue weighted by molar-refractivity contribution is -0.393. The predicted molar refractivity (Wildman–Crippen MR) is 86.7 cm³/mol. The summed E-state index contributed by atoms with van der Waals surface area (Å²) in [5, 5.41) is 25.6. The van der Waals surface area contributed by atoms with E-state index in [1.165, 1.54) is 12.1 Å². The summed E-state index contributed by atoms with van der Waals surface area (Å²) < 4.78 is 0. The average Bonchev–Trinajstić information content (AvgIpc) is 2.53. The number of anilines is 1. The number of hydrogen-bond donors (Lipinski definition) is 1. The number of benzene rings is 2. The van der Waals surface area contributed by atoms with Crippen LogP contribution in [-0.2, 0) is 6.42 Å². The Balaban J connectivity index is 2.07. The molecule has 0 amide bonds. The van der Waals surface area contributed by atoms with Gasteiger partial charge in [-0.05, 0) is 18.6 Å². The Morgan fingerprint density at radius 2 is 1.78 bits per heavy atom. The van der Waals surface area contributed by atoms with E-state index in [0.717, 1.165) is 17.2 Å². The molecular weight excluding hydrogens is 300 g/mol. The Morgan fingerprint density at radius 3 is 2.39 bits per heavy atom. The Hall–Kier alpha value is -3.29. The van der Waals surface area contributed by atoms with Crippen molar-refractivity contribution in [3.05, 3.63) is 73.8 Å². The molecule has 1 N–H and O–H groups in total. The molecule has 0 radical (unpaired) electrons. The third-order valence-corrected chi connectivity index (χ3v) is 3.11. The van der Waals surface area contributed by atoms with Crippen LogP contribution in [0, 0.1) is 27.2 Å². The van der Waals surface area contributed by atoms with Crippen LogP contribution in [0.15, 0.2) is 47.6 Å². The highest BCUT2D eigenvalue weighted by Gasteiger charge is 2.18. The number of rotatable bonds is 6. The molecule has 0 aliphatic heterocycles. The van der Waals surface area contributed by atoms with Crippen molar-refractivity contribution < 1.29 is 9.85 Å². The molecule has 0 atom stereocenters. The van der Waals surface area contributed by atoms with Gasteiger partial charge in [-0.1, -0.05) is 29.8 Å². The van der Waals surface area contributed by atoms with Crippen LogP contribution in [0.1, 0.15) is 11.1 Å². The fourth-order valence-electron chi connectivity index (χ4n) is 1.87. The van der Waals surface area contributed by atoms with Crippen molar-refractivity contribution in [3.63, 3.8) is 0 Å². The summed E-state index contributed by atoms with van der Waals surface area (Å²) in [6.07, 6.45) is 2.14. The fraction of sp³-hybridized carbons (Fsp3) is 0.133. The lowest BCUT2D eigenvalue weighted by Crippen LogP contribution is -1.99. The Morgan fingerprint density at radius 1 is 1.09 bits per heavy atom. The number of nitrogens with one attached hydrogen (secondary N) is 1. The molecule has 2 aromatic rings. The lowest BCUT2D eigenvalue weighted by Gasteiger charge is -2.02. The first-order valence-corrected chi connectivity index (χ1v) is 6.73. The van der Waals surface area contributed by atoms with Gasteiger partial charge in [-0.25, -0.2) is 0 Å². The average molecular weight is 314 g/mol. The number of non-ortho nitro benzene ring substituents is 1. The van der Waals surface area contributed by atoms with Crippen molar-refractivity contribution in [1.29, 1.82) is 0 Å². The molecule has 8 heteroatoms. The van der Waals surface area contributed by atoms with E-state index in [0.29, 0.717) is 6.42 Å². The van der Waals surface area contributed by atoms with Gasteiger partial charge in [-0.2, -0.15) is 5.10 Å². The van der Waals surface area contributed by atoms with E-state index >= 15 is 0 Å². The molecule has 0 aliphatic rings. The second kappa shape index (κ2) is 7.12. The van der Waals surface area contributed by atoms with E-state index in [4.69, 9.17) is 0 Å². The third-order valence-electron chi connectivity index (χ3n) is 3.11. The Labute approximate surface area is 131 Å². The highest BCUT2D eigenvalue weighted by Crippen LogP contribution is 2.28. The smallest absolute Gasteiger partial charge is 0.272 e. The zero-order chi connectivity index (χ0) is 16.8. The summed E-state index contributed by atoms with van der Waals surface area (Å²) in [5.41, 5.74) is 4.12. The molecule has 0 heterocycles. The normalized spacial score (nSPS) is 10.7. The van der Waals surface area contributed by atoms with Crippen molar-refractivity contribution in [3.8, 4) is 0 Å². The predicted octanol–water partition coefficient (Wildman–Crippen LogP) is 3.45. The van der Waals surface area contributed by atoms with E-state index in [-0.39, 0.29) is 11.4 Å². The number of hydrogen-bond acceptors (Lipinski definition) is 6. The van der Waals surface area contributed by atoms with Crippen molar-refractivity contribution in [1.82, 2.24) is 0 Å². The molecule has 0 unspecified atom stereocenters. The van der Waals surface area contributed by atoms with Gasteiger partial charge in [0.05, 0.1) is 15.9 Å². The standard InChI is InChI=1S/C15H14N4O4/c1-11-2-4-12(5-3-11)8-9-16-17-14-7-6-13(18(20)21)10-15(14)19(22)23/h2-7,9-10,17H,8H2,1H3/b16-9+. The topological polar surface area (TPSA) is 111 Å². The van der Waals surface area contributed by atoms with Gasteiger partial charge in [0.1, 0.15) is 5.69 Å². The van der Waals surface area contributed by atoms with E-state index in [2.05, 4.69) is 10.5 Å². The van der Waals surface area contributed by atoms with E-state index < -0.39 is 15.5 Å². The van der Waals surface area contributed by atoms with E-state index in [1.54, 1.807) is 6.21 Å². The molecule has 8 nitrogen and oxygen atoms in total. The maximum Gasteiger partial charge on any atom is 0.301 e. The number of aryl methyl sites for hydroxylation is 1. The van der Waals surface area contributed by atoms with Crippen LogP contribution in [-0.4, -0.2) is 16.1 Å². The van der Waals surface area contributed by atoms with Gasteiger partial charge < -0.3 is 0 Å². The molecule has 0 saturated heterocycles. The summed E-state index contributed by atoms with van der Waals surface area (Å²) in [7, 11) is 0. The molecular formula is C15H14N4O4. The van der Waals surface area contributed by atoms with Crippen LogP contribution in [0.4, 0.5) is 17.1 Å². The van der Waals surface area contributed by atoms with Gasteiger partial charge in [0.25, 0.3) is 5.69 Å². The zero-order valence-electron chi connectivity index (χ0n) is 12.3. The van der Waals surface area contributed by atoms with Gasteiger partial charge in [0.15, 0.2) is 0 Å². The molecule has 0 bridgehead atoms. The second-order valence-electron chi connectivity index (χ2n) is 4.83. The molecule has 0 aromatic heterocycles. The Kier molecular flexibility index (Phi) is 4.98. The largest absolute Gasteiger partial charge is 0.301 e. The number of nitrogens with zero attached hydrogens (tertiary/aromatic N) is 3. The summed E-state index contributed by atoms with van der Waals surface area (Å²) in [6, 6.07) is 11.3. The van der Waals surface area contributed by atoms with Crippen LogP contribution in [0.3, 0.4) is 0 Å². The van der Waals surface area contributed by atoms with Crippen LogP contribution in [0.2, 0.25) is 0 Å². The minimum Gasteiger partial charge on any atom is -0.272 e.